The second-order valence-electron chi connectivity index (χ2n) is 10.8. The number of hydrogen-bond donors (Lipinski definition) is 5. The standard InChI is InChI=1S/C33H48N8O2/c1-7-9-29(28(17-35)32(22(3)8-2)31-14-25(19-39-31)27(16-34)18-36-6)40-30-15-26(20-38-24(30)5)33(42)37-10-11-41-12-13-43-23(4)21-41/h9,14-20,22-23,35,39-40H,7-8,10-13,21,34H2,1-6H3,(H,37,42)/b27-16+,29-9+,32-28+,35-17?,36-18?. The van der Waals surface area contributed by atoms with E-state index in [1.54, 1.807) is 19.5 Å². The van der Waals surface area contributed by atoms with Gasteiger partial charge in [-0.25, -0.2) is 0 Å². The molecule has 0 aliphatic carbocycles. The molecule has 2 atom stereocenters. The van der Waals surface area contributed by atoms with Crippen LogP contribution in [0.15, 0.2) is 53.1 Å². The minimum atomic E-state index is -0.167. The third-order valence-corrected chi connectivity index (χ3v) is 7.65. The molecule has 1 fully saturated rings. The van der Waals surface area contributed by atoms with Gasteiger partial charge in [0.1, 0.15) is 0 Å². The van der Waals surface area contributed by atoms with E-state index < -0.39 is 0 Å². The average Bonchev–Trinajstić information content (AvgIpc) is 3.48. The number of carbonyl (C=O) groups excluding carboxylic acids is 1. The molecule has 3 rings (SSSR count). The Hall–Kier alpha value is -4.02. The van der Waals surface area contributed by atoms with E-state index in [2.05, 4.69) is 64.3 Å². The first-order valence-corrected chi connectivity index (χ1v) is 15.1. The van der Waals surface area contributed by atoms with Gasteiger partial charge in [-0.2, -0.15) is 0 Å². The first kappa shape index (κ1) is 33.5. The van der Waals surface area contributed by atoms with Gasteiger partial charge in [-0.05, 0) is 50.3 Å². The molecule has 1 aliphatic heterocycles. The van der Waals surface area contributed by atoms with Crippen molar-refractivity contribution in [3.05, 3.63) is 70.6 Å². The lowest BCUT2D eigenvalue weighted by atomic mass is 9.89. The average molecular weight is 589 g/mol. The highest BCUT2D eigenvalue weighted by Gasteiger charge is 2.21. The zero-order valence-corrected chi connectivity index (χ0v) is 26.5. The van der Waals surface area contributed by atoms with Crippen LogP contribution in [0.5, 0.6) is 0 Å². The van der Waals surface area contributed by atoms with Crippen LogP contribution in [-0.2, 0) is 4.74 Å². The molecule has 0 saturated carbocycles. The van der Waals surface area contributed by atoms with Crippen LogP contribution in [0.25, 0.3) is 11.1 Å². The molecule has 1 aliphatic rings. The van der Waals surface area contributed by atoms with Crippen molar-refractivity contribution in [3.8, 4) is 0 Å². The molecule has 6 N–H and O–H groups in total. The van der Waals surface area contributed by atoms with E-state index in [1.807, 2.05) is 25.3 Å². The van der Waals surface area contributed by atoms with Crippen LogP contribution in [0.3, 0.4) is 0 Å². The summed E-state index contributed by atoms with van der Waals surface area (Å²) in [7, 11) is 1.71. The third-order valence-electron chi connectivity index (χ3n) is 7.65. The Kier molecular flexibility index (Phi) is 12.9. The number of H-pyrrole nitrogens is 1. The lowest BCUT2D eigenvalue weighted by Gasteiger charge is -2.30. The third kappa shape index (κ3) is 8.98. The molecule has 0 aromatic carbocycles. The maximum absolute atomic E-state index is 13.1. The molecule has 10 heteroatoms. The smallest absolute Gasteiger partial charge is 0.252 e. The molecule has 0 bridgehead atoms. The van der Waals surface area contributed by atoms with E-state index in [1.165, 1.54) is 12.4 Å². The van der Waals surface area contributed by atoms with E-state index in [-0.39, 0.29) is 17.9 Å². The molecule has 2 aromatic rings. The largest absolute Gasteiger partial charge is 0.404 e. The van der Waals surface area contributed by atoms with Crippen molar-refractivity contribution < 1.29 is 9.53 Å². The monoisotopic (exact) mass is 588 g/mol. The number of pyridine rings is 1. The normalized spacial score (nSPS) is 18.0. The molecule has 43 heavy (non-hydrogen) atoms. The summed E-state index contributed by atoms with van der Waals surface area (Å²) < 4.78 is 5.61. The number of aryl methyl sites for hydroxylation is 1. The Morgan fingerprint density at radius 3 is 2.79 bits per heavy atom. The molecule has 1 saturated heterocycles. The first-order chi connectivity index (χ1) is 20.8. The fourth-order valence-corrected chi connectivity index (χ4v) is 5.13. The minimum Gasteiger partial charge on any atom is -0.404 e. The predicted octanol–water partition coefficient (Wildman–Crippen LogP) is 5.02. The molecule has 3 heterocycles. The van der Waals surface area contributed by atoms with Crippen molar-refractivity contribution in [2.75, 3.05) is 45.2 Å². The lowest BCUT2D eigenvalue weighted by Crippen LogP contribution is -2.44. The van der Waals surface area contributed by atoms with Crippen LogP contribution in [-0.4, -0.2) is 79.1 Å². The Balaban J connectivity index is 1.90. The van der Waals surface area contributed by atoms with Gasteiger partial charge in [0.25, 0.3) is 5.91 Å². The number of allylic oxidation sites excluding steroid dienone is 4. The van der Waals surface area contributed by atoms with Crippen molar-refractivity contribution in [1.82, 2.24) is 20.2 Å². The summed E-state index contributed by atoms with van der Waals surface area (Å²) in [6, 6.07) is 3.88. The highest BCUT2D eigenvalue weighted by Crippen LogP contribution is 2.33. The number of morpholine rings is 1. The van der Waals surface area contributed by atoms with Crippen LogP contribution in [0.4, 0.5) is 5.69 Å². The molecule has 232 valence electrons. The van der Waals surface area contributed by atoms with Gasteiger partial charge in [0.05, 0.1) is 29.7 Å². The minimum absolute atomic E-state index is 0.154. The van der Waals surface area contributed by atoms with Crippen LogP contribution in [0, 0.1) is 18.3 Å². The fourth-order valence-electron chi connectivity index (χ4n) is 5.13. The van der Waals surface area contributed by atoms with Crippen molar-refractivity contribution in [3.63, 3.8) is 0 Å². The molecule has 0 radical (unpaired) electrons. The van der Waals surface area contributed by atoms with Crippen LogP contribution < -0.4 is 16.4 Å². The van der Waals surface area contributed by atoms with Crippen LogP contribution in [0.1, 0.15) is 67.8 Å². The number of rotatable bonds is 14. The summed E-state index contributed by atoms with van der Waals surface area (Å²) in [6.45, 7) is 14.1. The molecular weight excluding hydrogens is 540 g/mol. The number of aromatic amines is 1. The van der Waals surface area contributed by atoms with Crippen molar-refractivity contribution in [2.45, 2.75) is 53.6 Å². The number of hydrogen-bond acceptors (Lipinski definition) is 8. The van der Waals surface area contributed by atoms with E-state index >= 15 is 0 Å². The Bertz CT molecular complexity index is 1370. The molecule has 10 nitrogen and oxygen atoms in total. The predicted molar refractivity (Wildman–Crippen MR) is 178 cm³/mol. The van der Waals surface area contributed by atoms with Gasteiger partial charge in [-0.15, -0.1) is 0 Å². The molecule has 2 aromatic heterocycles. The number of nitrogens with zero attached hydrogens (tertiary/aromatic N) is 3. The maximum Gasteiger partial charge on any atom is 0.252 e. The van der Waals surface area contributed by atoms with Gasteiger partial charge in [-0.3, -0.25) is 19.7 Å². The quantitative estimate of drug-likeness (QED) is 0.155. The van der Waals surface area contributed by atoms with Crippen LogP contribution >= 0.6 is 0 Å². The molecule has 0 spiro atoms. The highest BCUT2D eigenvalue weighted by molar-refractivity contribution is 6.10. The number of ether oxygens (including phenoxy) is 1. The van der Waals surface area contributed by atoms with E-state index in [0.29, 0.717) is 12.1 Å². The van der Waals surface area contributed by atoms with Crippen molar-refractivity contribution >= 4 is 35.2 Å². The van der Waals surface area contributed by atoms with Crippen LogP contribution in [0.2, 0.25) is 0 Å². The fraction of sp³-hybridized carbons (Fsp3) is 0.455. The maximum atomic E-state index is 13.1. The summed E-state index contributed by atoms with van der Waals surface area (Å²) in [5, 5.41) is 15.0. The number of nitrogens with one attached hydrogen (secondary N) is 4. The summed E-state index contributed by atoms with van der Waals surface area (Å²) in [5.41, 5.74) is 13.0. The Morgan fingerprint density at radius 1 is 1.35 bits per heavy atom. The Labute approximate surface area is 256 Å². The molecule has 2 unspecified atom stereocenters. The number of anilines is 1. The zero-order chi connectivity index (χ0) is 31.4. The summed E-state index contributed by atoms with van der Waals surface area (Å²) in [5.74, 6) is -0.0135. The topological polar surface area (TPSA) is 145 Å². The van der Waals surface area contributed by atoms with Gasteiger partial charge in [0.15, 0.2) is 0 Å². The second-order valence-corrected chi connectivity index (χ2v) is 10.8. The van der Waals surface area contributed by atoms with Gasteiger partial charge < -0.3 is 31.5 Å². The number of nitrogens with two attached hydrogens (primary N) is 1. The van der Waals surface area contributed by atoms with Crippen molar-refractivity contribution in [1.29, 1.82) is 5.41 Å². The number of carbonyl (C=O) groups is 1. The SMILES string of the molecule is CC/C=C(Nc1cc(C(=O)NCCN2CCOC(C)C2)cnc1C)\C(C=N)=C(\c1cc(/C(C=NC)=C/N)c[nH]1)C(C)CC. The second kappa shape index (κ2) is 16.6. The lowest BCUT2D eigenvalue weighted by molar-refractivity contribution is -0.0175. The van der Waals surface area contributed by atoms with E-state index in [0.717, 1.165) is 84.1 Å². The molecular formula is C33H48N8O2. The summed E-state index contributed by atoms with van der Waals surface area (Å²) in [6.07, 6.45) is 12.1. The first-order valence-electron chi connectivity index (χ1n) is 15.1. The van der Waals surface area contributed by atoms with Gasteiger partial charge >= 0.3 is 0 Å². The highest BCUT2D eigenvalue weighted by atomic mass is 16.5. The summed E-state index contributed by atoms with van der Waals surface area (Å²) in [4.78, 5) is 27.4. The van der Waals surface area contributed by atoms with E-state index in [9.17, 15) is 4.79 Å². The van der Waals surface area contributed by atoms with Gasteiger partial charge in [0.2, 0.25) is 0 Å². The van der Waals surface area contributed by atoms with E-state index in [4.69, 9.17) is 15.9 Å². The molecule has 1 amide bonds. The number of aromatic nitrogens is 2. The number of amides is 1. The van der Waals surface area contributed by atoms with Gasteiger partial charge in [0, 0.05) is 92.4 Å². The zero-order valence-electron chi connectivity index (χ0n) is 26.5. The summed E-state index contributed by atoms with van der Waals surface area (Å²) >= 11 is 0. The van der Waals surface area contributed by atoms with Gasteiger partial charge in [-0.1, -0.05) is 26.8 Å². The van der Waals surface area contributed by atoms with Crippen molar-refractivity contribution in [2.24, 2.45) is 16.6 Å². The number of aliphatic imine (C=N–C) groups is 1. The Morgan fingerprint density at radius 2 is 2.14 bits per heavy atom.